The highest BCUT2D eigenvalue weighted by molar-refractivity contribution is 5.95. The SMILES string of the molecule is CCOc1cc(-c2ccc(OC)cc2)nc2ccc(NC(=O)CC)cc12. The lowest BCUT2D eigenvalue weighted by Gasteiger charge is -2.12. The number of benzene rings is 2. The van der Waals surface area contributed by atoms with Gasteiger partial charge in [-0.1, -0.05) is 6.92 Å². The van der Waals surface area contributed by atoms with Gasteiger partial charge in [-0.05, 0) is 49.4 Å². The number of amides is 1. The molecule has 5 heteroatoms. The Kier molecular flexibility index (Phi) is 5.37. The number of pyridine rings is 1. The molecule has 1 aromatic heterocycles. The molecule has 0 bridgehead atoms. The summed E-state index contributed by atoms with van der Waals surface area (Å²) in [6.07, 6.45) is 0.436. The van der Waals surface area contributed by atoms with Gasteiger partial charge in [0, 0.05) is 29.1 Å². The number of nitrogens with zero attached hydrogens (tertiary/aromatic N) is 1. The third-order valence-corrected chi connectivity index (χ3v) is 4.06. The maximum Gasteiger partial charge on any atom is 0.224 e. The number of hydrogen-bond acceptors (Lipinski definition) is 4. The first-order valence-corrected chi connectivity index (χ1v) is 8.66. The first-order valence-electron chi connectivity index (χ1n) is 8.66. The van der Waals surface area contributed by atoms with Crippen LogP contribution in [0.1, 0.15) is 20.3 Å². The molecule has 0 aliphatic rings. The molecule has 1 N–H and O–H groups in total. The molecule has 0 saturated heterocycles. The molecule has 3 rings (SSSR count). The Hall–Kier alpha value is -3.08. The second-order valence-electron chi connectivity index (χ2n) is 5.80. The van der Waals surface area contributed by atoms with Gasteiger partial charge in [-0.2, -0.15) is 0 Å². The lowest BCUT2D eigenvalue weighted by molar-refractivity contribution is -0.115. The molecule has 0 atom stereocenters. The van der Waals surface area contributed by atoms with Crippen LogP contribution >= 0.6 is 0 Å². The van der Waals surface area contributed by atoms with Gasteiger partial charge in [0.1, 0.15) is 11.5 Å². The molecule has 0 radical (unpaired) electrons. The van der Waals surface area contributed by atoms with Gasteiger partial charge < -0.3 is 14.8 Å². The van der Waals surface area contributed by atoms with Gasteiger partial charge in [0.2, 0.25) is 5.91 Å². The van der Waals surface area contributed by atoms with Crippen LogP contribution in [0, 0.1) is 0 Å². The van der Waals surface area contributed by atoms with Gasteiger partial charge in [-0.25, -0.2) is 4.98 Å². The van der Waals surface area contributed by atoms with Crippen LogP contribution in [-0.2, 0) is 4.79 Å². The number of anilines is 1. The van der Waals surface area contributed by atoms with Crippen molar-refractivity contribution in [1.29, 1.82) is 0 Å². The van der Waals surface area contributed by atoms with Gasteiger partial charge in [0.05, 0.1) is 24.9 Å². The van der Waals surface area contributed by atoms with Crippen LogP contribution in [0.25, 0.3) is 22.2 Å². The lowest BCUT2D eigenvalue weighted by atomic mass is 10.1. The Morgan fingerprint density at radius 3 is 2.50 bits per heavy atom. The summed E-state index contributed by atoms with van der Waals surface area (Å²) in [6, 6.07) is 15.3. The predicted octanol–water partition coefficient (Wildman–Crippen LogP) is 4.66. The van der Waals surface area contributed by atoms with E-state index in [2.05, 4.69) is 5.32 Å². The Balaban J connectivity index is 2.06. The minimum Gasteiger partial charge on any atom is -0.497 e. The number of ether oxygens (including phenoxy) is 2. The molecule has 0 aliphatic carbocycles. The summed E-state index contributed by atoms with van der Waals surface area (Å²) in [5, 5.41) is 3.75. The zero-order valence-electron chi connectivity index (χ0n) is 15.2. The Labute approximate surface area is 153 Å². The first-order chi connectivity index (χ1) is 12.6. The highest BCUT2D eigenvalue weighted by Crippen LogP contribution is 2.32. The smallest absolute Gasteiger partial charge is 0.224 e. The third kappa shape index (κ3) is 3.77. The van der Waals surface area contributed by atoms with Crippen LogP contribution in [0.4, 0.5) is 5.69 Å². The standard InChI is InChI=1S/C21H22N2O3/c1-4-21(24)22-15-8-11-18-17(12-15)20(26-5-2)13-19(23-18)14-6-9-16(25-3)10-7-14/h6-13H,4-5H2,1-3H3,(H,22,24). The van der Waals surface area contributed by atoms with Crippen molar-refractivity contribution < 1.29 is 14.3 Å². The number of carbonyl (C=O) groups excluding carboxylic acids is 1. The molecule has 1 amide bonds. The van der Waals surface area contributed by atoms with Gasteiger partial charge in [0.25, 0.3) is 0 Å². The van der Waals surface area contributed by atoms with Crippen LogP contribution in [0.15, 0.2) is 48.5 Å². The molecule has 0 fully saturated rings. The van der Waals surface area contributed by atoms with Gasteiger partial charge in [-0.15, -0.1) is 0 Å². The number of carbonyl (C=O) groups is 1. The molecule has 2 aromatic carbocycles. The number of fused-ring (bicyclic) bond motifs is 1. The Morgan fingerprint density at radius 1 is 1.08 bits per heavy atom. The number of aromatic nitrogens is 1. The average molecular weight is 350 g/mol. The van der Waals surface area contributed by atoms with Crippen LogP contribution in [0.3, 0.4) is 0 Å². The van der Waals surface area contributed by atoms with Crippen molar-refractivity contribution in [3.63, 3.8) is 0 Å². The fourth-order valence-electron chi connectivity index (χ4n) is 2.71. The van der Waals surface area contributed by atoms with Crippen LogP contribution in [0.2, 0.25) is 0 Å². The second-order valence-corrected chi connectivity index (χ2v) is 5.80. The zero-order chi connectivity index (χ0) is 18.5. The molecule has 1 heterocycles. The fraction of sp³-hybridized carbons (Fsp3) is 0.238. The molecule has 0 unspecified atom stereocenters. The van der Waals surface area contributed by atoms with Gasteiger partial charge in [0.15, 0.2) is 0 Å². The largest absolute Gasteiger partial charge is 0.497 e. The van der Waals surface area contributed by atoms with E-state index >= 15 is 0 Å². The van der Waals surface area contributed by atoms with Crippen molar-refractivity contribution in [3.05, 3.63) is 48.5 Å². The van der Waals surface area contributed by atoms with E-state index in [9.17, 15) is 4.79 Å². The van der Waals surface area contributed by atoms with Crippen molar-refractivity contribution in [1.82, 2.24) is 4.98 Å². The summed E-state index contributed by atoms with van der Waals surface area (Å²) in [6.45, 7) is 4.32. The minimum atomic E-state index is -0.0230. The Bertz CT molecular complexity index is 920. The Morgan fingerprint density at radius 2 is 1.85 bits per heavy atom. The van der Waals surface area contributed by atoms with E-state index in [1.165, 1.54) is 0 Å². The molecule has 5 nitrogen and oxygen atoms in total. The van der Waals surface area contributed by atoms with E-state index in [4.69, 9.17) is 14.5 Å². The fourth-order valence-corrected chi connectivity index (χ4v) is 2.71. The maximum atomic E-state index is 11.7. The van der Waals surface area contributed by atoms with Gasteiger partial charge in [-0.3, -0.25) is 4.79 Å². The highest BCUT2D eigenvalue weighted by Gasteiger charge is 2.10. The maximum absolute atomic E-state index is 11.7. The number of hydrogen-bond donors (Lipinski definition) is 1. The lowest BCUT2D eigenvalue weighted by Crippen LogP contribution is -2.09. The molecular formula is C21H22N2O3. The van der Waals surface area contributed by atoms with Crippen molar-refractivity contribution >= 4 is 22.5 Å². The summed E-state index contributed by atoms with van der Waals surface area (Å²) in [7, 11) is 1.64. The van der Waals surface area contributed by atoms with Crippen molar-refractivity contribution in [2.45, 2.75) is 20.3 Å². The van der Waals surface area contributed by atoms with Crippen molar-refractivity contribution in [2.75, 3.05) is 19.0 Å². The number of nitrogens with one attached hydrogen (secondary N) is 1. The predicted molar refractivity (Wildman–Crippen MR) is 104 cm³/mol. The van der Waals surface area contributed by atoms with E-state index < -0.39 is 0 Å². The molecule has 0 spiro atoms. The molecule has 0 saturated carbocycles. The molecular weight excluding hydrogens is 328 g/mol. The summed E-state index contributed by atoms with van der Waals surface area (Å²) in [4.78, 5) is 16.4. The number of rotatable bonds is 6. The molecule has 26 heavy (non-hydrogen) atoms. The summed E-state index contributed by atoms with van der Waals surface area (Å²) >= 11 is 0. The molecule has 134 valence electrons. The second kappa shape index (κ2) is 7.87. The zero-order valence-corrected chi connectivity index (χ0v) is 15.2. The normalized spacial score (nSPS) is 10.6. The van der Waals surface area contributed by atoms with Crippen LogP contribution in [0.5, 0.6) is 11.5 Å². The van der Waals surface area contributed by atoms with Crippen LogP contribution < -0.4 is 14.8 Å². The molecule has 0 aliphatic heterocycles. The molecule has 3 aromatic rings. The summed E-state index contributed by atoms with van der Waals surface area (Å²) in [5.41, 5.74) is 3.37. The van der Waals surface area contributed by atoms with E-state index in [0.29, 0.717) is 13.0 Å². The highest BCUT2D eigenvalue weighted by atomic mass is 16.5. The summed E-state index contributed by atoms with van der Waals surface area (Å²) in [5.74, 6) is 1.52. The van der Waals surface area contributed by atoms with Crippen molar-refractivity contribution in [3.8, 4) is 22.8 Å². The first kappa shape index (κ1) is 17.7. The average Bonchev–Trinajstić information content (AvgIpc) is 2.68. The van der Waals surface area contributed by atoms with Crippen LogP contribution in [-0.4, -0.2) is 24.6 Å². The topological polar surface area (TPSA) is 60.5 Å². The van der Waals surface area contributed by atoms with E-state index in [1.54, 1.807) is 7.11 Å². The third-order valence-electron chi connectivity index (χ3n) is 4.06. The quantitative estimate of drug-likeness (QED) is 0.702. The minimum absolute atomic E-state index is 0.0230. The monoisotopic (exact) mass is 350 g/mol. The van der Waals surface area contributed by atoms with E-state index in [0.717, 1.165) is 39.3 Å². The number of methoxy groups -OCH3 is 1. The van der Waals surface area contributed by atoms with E-state index in [-0.39, 0.29) is 5.91 Å². The summed E-state index contributed by atoms with van der Waals surface area (Å²) < 4.78 is 11.0. The van der Waals surface area contributed by atoms with E-state index in [1.807, 2.05) is 62.4 Å². The van der Waals surface area contributed by atoms with Gasteiger partial charge >= 0.3 is 0 Å². The van der Waals surface area contributed by atoms with Crippen molar-refractivity contribution in [2.24, 2.45) is 0 Å².